The zero-order valence-electron chi connectivity index (χ0n) is 8.57. The van der Waals surface area contributed by atoms with Crippen LogP contribution in [0.5, 0.6) is 0 Å². The van der Waals surface area contributed by atoms with E-state index in [1.54, 1.807) is 0 Å². The Morgan fingerprint density at radius 1 is 1.33 bits per heavy atom. The maximum absolute atomic E-state index is 5.48. The van der Waals surface area contributed by atoms with E-state index in [1.807, 2.05) is 12.1 Å². The standard InChI is InChI=1S/C11H15N3O/c12-6-5-9-1-3-10(4-2-9)14-11-13-7-8-15-11/h1-4H,5-8,12H2,(H,13,14). The highest BCUT2D eigenvalue weighted by Crippen LogP contribution is 2.10. The van der Waals surface area contributed by atoms with Crippen LogP contribution >= 0.6 is 0 Å². The Morgan fingerprint density at radius 2 is 2.13 bits per heavy atom. The highest BCUT2D eigenvalue weighted by Gasteiger charge is 2.06. The zero-order chi connectivity index (χ0) is 10.5. The van der Waals surface area contributed by atoms with Gasteiger partial charge in [-0.1, -0.05) is 12.1 Å². The molecule has 4 nitrogen and oxygen atoms in total. The summed E-state index contributed by atoms with van der Waals surface area (Å²) in [5, 5.41) is 3.11. The van der Waals surface area contributed by atoms with Crippen molar-refractivity contribution in [1.82, 2.24) is 0 Å². The summed E-state index contributed by atoms with van der Waals surface area (Å²) < 4.78 is 5.25. The zero-order valence-corrected chi connectivity index (χ0v) is 8.57. The predicted octanol–water partition coefficient (Wildman–Crippen LogP) is 0.986. The van der Waals surface area contributed by atoms with Crippen LogP contribution in [0.25, 0.3) is 0 Å². The van der Waals surface area contributed by atoms with Gasteiger partial charge in [-0.15, -0.1) is 0 Å². The molecule has 0 saturated heterocycles. The molecule has 0 aliphatic carbocycles. The minimum Gasteiger partial charge on any atom is -0.463 e. The molecule has 0 amide bonds. The fourth-order valence-corrected chi connectivity index (χ4v) is 1.46. The number of nitrogens with one attached hydrogen (secondary N) is 1. The number of nitrogens with two attached hydrogens (primary N) is 1. The molecule has 1 aromatic rings. The van der Waals surface area contributed by atoms with Crippen LogP contribution in [0.4, 0.5) is 5.69 Å². The van der Waals surface area contributed by atoms with Crippen LogP contribution in [0.15, 0.2) is 29.3 Å². The van der Waals surface area contributed by atoms with Crippen LogP contribution in [-0.4, -0.2) is 25.7 Å². The summed E-state index contributed by atoms with van der Waals surface area (Å²) in [5.41, 5.74) is 7.72. The second-order valence-electron chi connectivity index (χ2n) is 3.40. The van der Waals surface area contributed by atoms with Crippen molar-refractivity contribution in [2.45, 2.75) is 6.42 Å². The van der Waals surface area contributed by atoms with Crippen LogP contribution in [0.2, 0.25) is 0 Å². The number of hydrogen-bond acceptors (Lipinski definition) is 4. The van der Waals surface area contributed by atoms with Crippen LogP contribution in [0.1, 0.15) is 5.56 Å². The van der Waals surface area contributed by atoms with E-state index in [9.17, 15) is 0 Å². The number of ether oxygens (including phenoxy) is 1. The average Bonchev–Trinajstić information content (AvgIpc) is 2.74. The summed E-state index contributed by atoms with van der Waals surface area (Å²) in [5.74, 6) is 0. The average molecular weight is 205 g/mol. The third-order valence-electron chi connectivity index (χ3n) is 2.22. The molecule has 0 spiro atoms. The number of amidine groups is 1. The van der Waals surface area contributed by atoms with Crippen LogP contribution in [0, 0.1) is 0 Å². The molecule has 3 N–H and O–H groups in total. The predicted molar refractivity (Wildman–Crippen MR) is 61.1 cm³/mol. The number of aliphatic imine (C=N–C) groups is 1. The summed E-state index contributed by atoms with van der Waals surface area (Å²) in [7, 11) is 0. The fourth-order valence-electron chi connectivity index (χ4n) is 1.46. The van der Waals surface area contributed by atoms with Crippen molar-refractivity contribution in [3.8, 4) is 0 Å². The molecule has 2 rings (SSSR count). The van der Waals surface area contributed by atoms with Crippen molar-refractivity contribution in [3.63, 3.8) is 0 Å². The highest BCUT2D eigenvalue weighted by molar-refractivity contribution is 5.89. The first-order valence-electron chi connectivity index (χ1n) is 5.12. The largest absolute Gasteiger partial charge is 0.463 e. The van der Waals surface area contributed by atoms with Gasteiger partial charge in [-0.25, -0.2) is 4.99 Å². The first-order valence-corrected chi connectivity index (χ1v) is 5.12. The van der Waals surface area contributed by atoms with Crippen molar-refractivity contribution in [3.05, 3.63) is 29.8 Å². The normalized spacial score (nSPS) is 14.6. The van der Waals surface area contributed by atoms with Crippen molar-refractivity contribution in [2.75, 3.05) is 25.0 Å². The summed E-state index contributed by atoms with van der Waals surface area (Å²) in [6.07, 6.45) is 0.914. The topological polar surface area (TPSA) is 59.6 Å². The minimum atomic E-state index is 0.613. The lowest BCUT2D eigenvalue weighted by Gasteiger charge is -2.06. The van der Waals surface area contributed by atoms with Gasteiger partial charge in [-0.3, -0.25) is 0 Å². The molecule has 0 radical (unpaired) electrons. The summed E-state index contributed by atoms with van der Waals surface area (Å²) >= 11 is 0. The Balaban J connectivity index is 1.97. The smallest absolute Gasteiger partial charge is 0.289 e. The highest BCUT2D eigenvalue weighted by atomic mass is 16.5. The molecule has 0 fully saturated rings. The molecule has 1 heterocycles. The molecular weight excluding hydrogens is 190 g/mol. The van der Waals surface area contributed by atoms with E-state index >= 15 is 0 Å². The summed E-state index contributed by atoms with van der Waals surface area (Å²) in [6.45, 7) is 2.10. The van der Waals surface area contributed by atoms with Gasteiger partial charge in [0.1, 0.15) is 6.61 Å². The number of benzene rings is 1. The van der Waals surface area contributed by atoms with Gasteiger partial charge in [-0.05, 0) is 30.7 Å². The molecule has 80 valence electrons. The lowest BCUT2D eigenvalue weighted by molar-refractivity contribution is 0.346. The van der Waals surface area contributed by atoms with Gasteiger partial charge in [0.05, 0.1) is 6.54 Å². The van der Waals surface area contributed by atoms with Crippen molar-refractivity contribution < 1.29 is 4.74 Å². The first-order chi connectivity index (χ1) is 7.38. The molecule has 0 saturated carbocycles. The second-order valence-corrected chi connectivity index (χ2v) is 3.40. The summed E-state index contributed by atoms with van der Waals surface area (Å²) in [4.78, 5) is 4.15. The molecule has 0 bridgehead atoms. The number of rotatable bonds is 3. The molecular formula is C11H15N3O. The lowest BCUT2D eigenvalue weighted by atomic mass is 10.1. The third kappa shape index (κ3) is 2.70. The minimum absolute atomic E-state index is 0.613. The fraction of sp³-hybridized carbons (Fsp3) is 0.364. The van der Waals surface area contributed by atoms with E-state index in [-0.39, 0.29) is 0 Å². The van der Waals surface area contributed by atoms with Gasteiger partial charge in [0, 0.05) is 5.69 Å². The second kappa shape index (κ2) is 4.79. The SMILES string of the molecule is NCCc1ccc(NC2=NCCO2)cc1. The molecule has 1 aromatic carbocycles. The Labute approximate surface area is 89.1 Å². The number of nitrogens with zero attached hydrogens (tertiary/aromatic N) is 1. The number of anilines is 1. The first kappa shape index (κ1) is 9.98. The van der Waals surface area contributed by atoms with Gasteiger partial charge < -0.3 is 15.8 Å². The van der Waals surface area contributed by atoms with Crippen molar-refractivity contribution in [1.29, 1.82) is 0 Å². The van der Waals surface area contributed by atoms with Crippen LogP contribution in [0.3, 0.4) is 0 Å². The Kier molecular flexibility index (Phi) is 3.19. The van der Waals surface area contributed by atoms with E-state index in [0.29, 0.717) is 19.2 Å². The molecule has 0 unspecified atom stereocenters. The molecule has 15 heavy (non-hydrogen) atoms. The quantitative estimate of drug-likeness (QED) is 0.773. The molecule has 1 aliphatic rings. The Morgan fingerprint density at radius 3 is 2.73 bits per heavy atom. The van der Waals surface area contributed by atoms with E-state index in [4.69, 9.17) is 10.5 Å². The van der Waals surface area contributed by atoms with E-state index in [1.165, 1.54) is 5.56 Å². The van der Waals surface area contributed by atoms with Crippen molar-refractivity contribution in [2.24, 2.45) is 10.7 Å². The van der Waals surface area contributed by atoms with E-state index < -0.39 is 0 Å². The summed E-state index contributed by atoms with van der Waals surface area (Å²) in [6, 6.07) is 8.75. The van der Waals surface area contributed by atoms with Gasteiger partial charge >= 0.3 is 0 Å². The van der Waals surface area contributed by atoms with Gasteiger partial charge in [0.2, 0.25) is 0 Å². The monoisotopic (exact) mass is 205 g/mol. The molecule has 4 heteroatoms. The Bertz CT molecular complexity index is 345. The van der Waals surface area contributed by atoms with Crippen molar-refractivity contribution >= 4 is 11.7 Å². The lowest BCUT2D eigenvalue weighted by Crippen LogP contribution is -2.11. The van der Waals surface area contributed by atoms with Crippen LogP contribution < -0.4 is 11.1 Å². The molecule has 0 aromatic heterocycles. The molecule has 0 atom stereocenters. The maximum atomic E-state index is 5.48. The van der Waals surface area contributed by atoms with Gasteiger partial charge in [0.25, 0.3) is 6.02 Å². The van der Waals surface area contributed by atoms with E-state index in [2.05, 4.69) is 22.4 Å². The molecule has 1 aliphatic heterocycles. The van der Waals surface area contributed by atoms with Crippen LogP contribution in [-0.2, 0) is 11.2 Å². The van der Waals surface area contributed by atoms with Gasteiger partial charge in [-0.2, -0.15) is 0 Å². The maximum Gasteiger partial charge on any atom is 0.289 e. The number of hydrogen-bond donors (Lipinski definition) is 2. The Hall–Kier alpha value is -1.55. The van der Waals surface area contributed by atoms with Gasteiger partial charge in [0.15, 0.2) is 0 Å². The third-order valence-corrected chi connectivity index (χ3v) is 2.22. The van der Waals surface area contributed by atoms with E-state index in [0.717, 1.165) is 18.7 Å².